The third-order valence-corrected chi connectivity index (χ3v) is 3.87. The van der Waals surface area contributed by atoms with Gasteiger partial charge in [0.25, 0.3) is 0 Å². The van der Waals surface area contributed by atoms with Crippen LogP contribution in [0.25, 0.3) is 0 Å². The lowest BCUT2D eigenvalue weighted by Crippen LogP contribution is -2.42. The third kappa shape index (κ3) is 4.76. The summed E-state index contributed by atoms with van der Waals surface area (Å²) >= 11 is 1.64. The van der Waals surface area contributed by atoms with Gasteiger partial charge in [-0.2, -0.15) is 0 Å². The zero-order chi connectivity index (χ0) is 13.5. The molecule has 5 heteroatoms. The molecule has 0 fully saturated rings. The van der Waals surface area contributed by atoms with Crippen LogP contribution in [0.15, 0.2) is 17.5 Å². The van der Waals surface area contributed by atoms with Crippen LogP contribution in [0.2, 0.25) is 0 Å². The van der Waals surface area contributed by atoms with E-state index < -0.39 is 0 Å². The lowest BCUT2D eigenvalue weighted by Gasteiger charge is -2.25. The predicted octanol–water partition coefficient (Wildman–Crippen LogP) is 1.63. The zero-order valence-electron chi connectivity index (χ0n) is 11.2. The van der Waals surface area contributed by atoms with Crippen molar-refractivity contribution in [3.8, 4) is 0 Å². The molecule has 1 amide bonds. The summed E-state index contributed by atoms with van der Waals surface area (Å²) in [6, 6.07) is 4.29. The maximum atomic E-state index is 11.9. The summed E-state index contributed by atoms with van der Waals surface area (Å²) < 4.78 is 0. The second-order valence-electron chi connectivity index (χ2n) is 4.59. The molecule has 4 nitrogen and oxygen atoms in total. The lowest BCUT2D eigenvalue weighted by atomic mass is 10.2. The molecular weight excluding hydrogens is 248 g/mol. The molecule has 0 radical (unpaired) electrons. The molecule has 0 spiro atoms. The summed E-state index contributed by atoms with van der Waals surface area (Å²) in [5.41, 5.74) is 0. The van der Waals surface area contributed by atoms with Gasteiger partial charge < -0.3 is 10.4 Å². The molecule has 0 aliphatic heterocycles. The number of thiophene rings is 1. The third-order valence-electron chi connectivity index (χ3n) is 2.81. The van der Waals surface area contributed by atoms with Gasteiger partial charge in [-0.25, -0.2) is 0 Å². The van der Waals surface area contributed by atoms with Gasteiger partial charge in [-0.15, -0.1) is 11.3 Å². The van der Waals surface area contributed by atoms with Crippen LogP contribution in [0.3, 0.4) is 0 Å². The molecule has 0 saturated carbocycles. The molecule has 1 rings (SSSR count). The highest BCUT2D eigenvalue weighted by atomic mass is 32.1. The van der Waals surface area contributed by atoms with Crippen molar-refractivity contribution in [1.29, 1.82) is 0 Å². The van der Waals surface area contributed by atoms with E-state index in [0.29, 0.717) is 13.1 Å². The van der Waals surface area contributed by atoms with Crippen LogP contribution in [0.5, 0.6) is 0 Å². The molecule has 1 unspecified atom stereocenters. The van der Waals surface area contributed by atoms with Gasteiger partial charge in [0.15, 0.2) is 0 Å². The van der Waals surface area contributed by atoms with Gasteiger partial charge in [-0.1, -0.05) is 6.07 Å². The topological polar surface area (TPSA) is 52.6 Å². The second kappa shape index (κ2) is 7.51. The molecule has 0 aliphatic carbocycles. The van der Waals surface area contributed by atoms with Gasteiger partial charge in [0.05, 0.1) is 19.2 Å². The van der Waals surface area contributed by atoms with E-state index in [0.717, 1.165) is 4.88 Å². The van der Waals surface area contributed by atoms with Crippen molar-refractivity contribution < 1.29 is 9.90 Å². The number of carbonyl (C=O) groups excluding carboxylic acids is 1. The Morgan fingerprint density at radius 2 is 2.22 bits per heavy atom. The molecule has 1 atom stereocenters. The monoisotopic (exact) mass is 270 g/mol. The SMILES string of the molecule is CC(NC(=O)CN(CCO)C(C)C)c1cccs1. The van der Waals surface area contributed by atoms with Gasteiger partial charge in [0, 0.05) is 17.5 Å². The Labute approximate surface area is 113 Å². The molecule has 0 bridgehead atoms. The number of rotatable bonds is 7. The Balaban J connectivity index is 2.45. The van der Waals surface area contributed by atoms with E-state index in [4.69, 9.17) is 5.11 Å². The van der Waals surface area contributed by atoms with Gasteiger partial charge in [0.1, 0.15) is 0 Å². The van der Waals surface area contributed by atoms with Crippen molar-refractivity contribution in [2.75, 3.05) is 19.7 Å². The van der Waals surface area contributed by atoms with E-state index in [-0.39, 0.29) is 24.6 Å². The fourth-order valence-electron chi connectivity index (χ4n) is 1.73. The summed E-state index contributed by atoms with van der Waals surface area (Å²) in [6.45, 7) is 6.95. The Morgan fingerprint density at radius 1 is 1.50 bits per heavy atom. The van der Waals surface area contributed by atoms with Crippen molar-refractivity contribution >= 4 is 17.2 Å². The highest BCUT2D eigenvalue weighted by Crippen LogP contribution is 2.17. The molecular formula is C13H22N2O2S. The minimum Gasteiger partial charge on any atom is -0.395 e. The molecule has 18 heavy (non-hydrogen) atoms. The van der Waals surface area contributed by atoms with E-state index in [2.05, 4.69) is 5.32 Å². The largest absolute Gasteiger partial charge is 0.395 e. The van der Waals surface area contributed by atoms with E-state index in [1.807, 2.05) is 43.2 Å². The van der Waals surface area contributed by atoms with Gasteiger partial charge in [-0.05, 0) is 32.2 Å². The standard InChI is InChI=1S/C13H22N2O2S/c1-10(2)15(6-7-16)9-13(17)14-11(3)12-5-4-8-18-12/h4-5,8,10-11,16H,6-7,9H2,1-3H3,(H,14,17). The maximum Gasteiger partial charge on any atom is 0.234 e. The molecule has 102 valence electrons. The Hall–Kier alpha value is -0.910. The number of hydrogen-bond donors (Lipinski definition) is 2. The summed E-state index contributed by atoms with van der Waals surface area (Å²) in [7, 11) is 0. The van der Waals surface area contributed by atoms with Crippen LogP contribution in [0.1, 0.15) is 31.7 Å². The number of hydrogen-bond acceptors (Lipinski definition) is 4. The molecule has 0 saturated heterocycles. The van der Waals surface area contributed by atoms with Gasteiger partial charge in [-0.3, -0.25) is 9.69 Å². The molecule has 1 aromatic rings. The molecule has 2 N–H and O–H groups in total. The van der Waals surface area contributed by atoms with Crippen LogP contribution in [0.4, 0.5) is 0 Å². The van der Waals surface area contributed by atoms with Crippen molar-refractivity contribution in [2.45, 2.75) is 32.9 Å². The fourth-order valence-corrected chi connectivity index (χ4v) is 2.46. The van der Waals surface area contributed by atoms with Gasteiger partial charge in [0.2, 0.25) is 5.91 Å². The smallest absolute Gasteiger partial charge is 0.234 e. The van der Waals surface area contributed by atoms with Crippen LogP contribution in [-0.4, -0.2) is 41.7 Å². The first-order chi connectivity index (χ1) is 8.54. The van der Waals surface area contributed by atoms with Crippen molar-refractivity contribution in [3.63, 3.8) is 0 Å². The van der Waals surface area contributed by atoms with Crippen LogP contribution in [0, 0.1) is 0 Å². The van der Waals surface area contributed by atoms with E-state index >= 15 is 0 Å². The second-order valence-corrected chi connectivity index (χ2v) is 5.57. The molecule has 0 aromatic carbocycles. The Morgan fingerprint density at radius 3 is 2.72 bits per heavy atom. The average molecular weight is 270 g/mol. The summed E-state index contributed by atoms with van der Waals surface area (Å²) in [5.74, 6) is -0.00181. The summed E-state index contributed by atoms with van der Waals surface area (Å²) in [4.78, 5) is 15.0. The minimum absolute atomic E-state index is 0.00181. The molecule has 0 aliphatic rings. The first-order valence-corrected chi connectivity index (χ1v) is 7.10. The summed E-state index contributed by atoms with van der Waals surface area (Å²) in [5, 5.41) is 13.9. The van der Waals surface area contributed by atoms with Crippen LogP contribution in [-0.2, 0) is 4.79 Å². The fraction of sp³-hybridized carbons (Fsp3) is 0.615. The summed E-state index contributed by atoms with van der Waals surface area (Å²) in [6.07, 6.45) is 0. The number of nitrogens with one attached hydrogen (secondary N) is 1. The van der Waals surface area contributed by atoms with Crippen molar-refractivity contribution in [3.05, 3.63) is 22.4 Å². The average Bonchev–Trinajstić information content (AvgIpc) is 2.81. The molecule has 1 heterocycles. The van der Waals surface area contributed by atoms with Crippen molar-refractivity contribution in [2.24, 2.45) is 0 Å². The van der Waals surface area contributed by atoms with Crippen LogP contribution < -0.4 is 5.32 Å². The highest BCUT2D eigenvalue weighted by Gasteiger charge is 2.15. The Kier molecular flexibility index (Phi) is 6.32. The first-order valence-electron chi connectivity index (χ1n) is 6.22. The number of nitrogens with zero attached hydrogens (tertiary/aromatic N) is 1. The first kappa shape index (κ1) is 15.1. The number of aliphatic hydroxyl groups is 1. The van der Waals surface area contributed by atoms with Crippen LogP contribution >= 0.6 is 11.3 Å². The maximum absolute atomic E-state index is 11.9. The van der Waals surface area contributed by atoms with Crippen molar-refractivity contribution in [1.82, 2.24) is 10.2 Å². The van der Waals surface area contributed by atoms with E-state index in [9.17, 15) is 4.79 Å². The minimum atomic E-state index is -0.00181. The zero-order valence-corrected chi connectivity index (χ0v) is 12.0. The normalized spacial score (nSPS) is 13.0. The number of aliphatic hydroxyl groups excluding tert-OH is 1. The quantitative estimate of drug-likeness (QED) is 0.792. The van der Waals surface area contributed by atoms with E-state index in [1.54, 1.807) is 11.3 Å². The van der Waals surface area contributed by atoms with E-state index in [1.165, 1.54) is 0 Å². The number of amides is 1. The Bertz CT molecular complexity index is 352. The predicted molar refractivity (Wildman–Crippen MR) is 74.7 cm³/mol. The number of carbonyl (C=O) groups is 1. The lowest BCUT2D eigenvalue weighted by molar-refractivity contribution is -0.123. The molecule has 1 aromatic heterocycles. The van der Waals surface area contributed by atoms with Gasteiger partial charge >= 0.3 is 0 Å². The highest BCUT2D eigenvalue weighted by molar-refractivity contribution is 7.10.